The van der Waals surface area contributed by atoms with Crippen molar-refractivity contribution in [1.29, 1.82) is 0 Å². The summed E-state index contributed by atoms with van der Waals surface area (Å²) in [5, 5.41) is 0. The summed E-state index contributed by atoms with van der Waals surface area (Å²) in [6, 6.07) is 0. The molecular weight excluding hydrogens is 268 g/mol. The van der Waals surface area contributed by atoms with Crippen molar-refractivity contribution in [2.45, 2.75) is 110 Å². The summed E-state index contributed by atoms with van der Waals surface area (Å²) in [6.45, 7) is 6.18. The van der Waals surface area contributed by atoms with Crippen molar-refractivity contribution < 1.29 is 17.4 Å². The zero-order valence-electron chi connectivity index (χ0n) is 13.4. The zero-order valence-corrected chi connectivity index (χ0v) is 14.7. The molecule has 0 atom stereocenters. The Kier molecular flexibility index (Phi) is 23.9. The van der Waals surface area contributed by atoms with Crippen LogP contribution in [0, 0.1) is 6.92 Å². The molecule has 0 fully saturated rings. The molecule has 0 aromatic carbocycles. The van der Waals surface area contributed by atoms with Gasteiger partial charge in [0.2, 0.25) is 0 Å². The van der Waals surface area contributed by atoms with E-state index >= 15 is 0 Å². The monoisotopic (exact) mass is 305 g/mol. The molecule has 0 nitrogen and oxygen atoms in total. The van der Waals surface area contributed by atoms with Gasteiger partial charge < -0.3 is 6.92 Å². The Labute approximate surface area is 134 Å². The van der Waals surface area contributed by atoms with Crippen LogP contribution in [0.5, 0.6) is 0 Å². The van der Waals surface area contributed by atoms with Gasteiger partial charge in [0.15, 0.2) is 0 Å². The maximum atomic E-state index is 3.88. The van der Waals surface area contributed by atoms with Gasteiger partial charge in [-0.3, -0.25) is 0 Å². The molecule has 0 aromatic rings. The van der Waals surface area contributed by atoms with E-state index in [1.165, 1.54) is 96.3 Å². The second-order valence-electron chi connectivity index (χ2n) is 5.80. The predicted octanol–water partition coefficient (Wildman–Crippen LogP) is 7.08. The van der Waals surface area contributed by atoms with E-state index in [1.54, 1.807) is 0 Å². The van der Waals surface area contributed by atoms with Crippen molar-refractivity contribution in [3.8, 4) is 0 Å². The Morgan fingerprint density at radius 3 is 1.00 bits per heavy atom. The maximum Gasteiger partial charge on any atom is 0 e. The summed E-state index contributed by atoms with van der Waals surface area (Å²) in [5.74, 6) is 0. The van der Waals surface area contributed by atoms with Crippen LogP contribution in [0.4, 0.5) is 0 Å². The summed E-state index contributed by atoms with van der Waals surface area (Å²) in [7, 11) is 0. The predicted molar refractivity (Wildman–Crippen MR) is 84.9 cm³/mol. The van der Waals surface area contributed by atoms with E-state index in [0.29, 0.717) is 0 Å². The van der Waals surface area contributed by atoms with Crippen molar-refractivity contribution in [3.63, 3.8) is 0 Å². The Balaban J connectivity index is 0. The van der Waals surface area contributed by atoms with Gasteiger partial charge in [0.1, 0.15) is 0 Å². The normalized spacial score (nSPS) is 10.4. The Hall–Kier alpha value is 0.532. The summed E-state index contributed by atoms with van der Waals surface area (Å²) in [6.07, 6.45) is 22.8. The fourth-order valence-electron chi connectivity index (χ4n) is 2.55. The van der Waals surface area contributed by atoms with Crippen LogP contribution in [-0.4, -0.2) is 0 Å². The third-order valence-electron chi connectivity index (χ3n) is 3.85. The molecule has 0 N–H and O–H groups in total. The second-order valence-corrected chi connectivity index (χ2v) is 5.80. The first-order valence-electron chi connectivity index (χ1n) is 8.71. The minimum absolute atomic E-state index is 0. The molecule has 0 radical (unpaired) electrons. The van der Waals surface area contributed by atoms with Crippen molar-refractivity contribution in [3.05, 3.63) is 6.92 Å². The van der Waals surface area contributed by atoms with Gasteiger partial charge in [-0.2, -0.15) is 6.42 Å². The molecule has 0 aliphatic rings. The van der Waals surface area contributed by atoms with Crippen LogP contribution in [0.3, 0.4) is 0 Å². The van der Waals surface area contributed by atoms with E-state index in [2.05, 4.69) is 13.8 Å². The van der Waals surface area contributed by atoms with E-state index in [9.17, 15) is 0 Å². The van der Waals surface area contributed by atoms with E-state index in [-0.39, 0.29) is 17.4 Å². The van der Waals surface area contributed by atoms with Gasteiger partial charge in [-0.25, -0.2) is 0 Å². The topological polar surface area (TPSA) is 0 Å². The molecule has 0 bridgehead atoms. The quantitative estimate of drug-likeness (QED) is 0.224. The Morgan fingerprint density at radius 2 is 0.737 bits per heavy atom. The van der Waals surface area contributed by atoms with Crippen LogP contribution in [0.15, 0.2) is 0 Å². The molecule has 0 unspecified atom stereocenters. The molecule has 0 amide bonds. The average Bonchev–Trinajstić information content (AvgIpc) is 2.39. The van der Waals surface area contributed by atoms with Gasteiger partial charge in [-0.05, 0) is 0 Å². The van der Waals surface area contributed by atoms with E-state index in [4.69, 9.17) is 0 Å². The Morgan fingerprint density at radius 1 is 0.474 bits per heavy atom. The minimum atomic E-state index is 0. The first kappa shape index (κ1) is 21.8. The van der Waals surface area contributed by atoms with E-state index in [1.807, 2.05) is 0 Å². The summed E-state index contributed by atoms with van der Waals surface area (Å²) < 4.78 is 0. The minimum Gasteiger partial charge on any atom is -0.343 e. The molecule has 0 rings (SSSR count). The van der Waals surface area contributed by atoms with Gasteiger partial charge in [0.05, 0.1) is 0 Å². The Bertz CT molecular complexity index is 118. The van der Waals surface area contributed by atoms with Gasteiger partial charge >= 0.3 is 0 Å². The second kappa shape index (κ2) is 20.8. The van der Waals surface area contributed by atoms with Gasteiger partial charge in [0.25, 0.3) is 0 Å². The van der Waals surface area contributed by atoms with Crippen LogP contribution in [-0.2, 0) is 17.4 Å². The van der Waals surface area contributed by atoms with Gasteiger partial charge in [-0.1, -0.05) is 103 Å². The molecule has 19 heavy (non-hydrogen) atoms. The van der Waals surface area contributed by atoms with Crippen molar-refractivity contribution in [2.24, 2.45) is 0 Å². The van der Waals surface area contributed by atoms with Crippen LogP contribution < -0.4 is 0 Å². The summed E-state index contributed by atoms with van der Waals surface area (Å²) in [5.41, 5.74) is 0. The molecule has 0 aliphatic carbocycles. The largest absolute Gasteiger partial charge is 0.343 e. The third kappa shape index (κ3) is 21.0. The molecular formula is C18H37Cr-. The van der Waals surface area contributed by atoms with E-state index < -0.39 is 0 Å². The van der Waals surface area contributed by atoms with Crippen LogP contribution in [0.1, 0.15) is 110 Å². The zero-order chi connectivity index (χ0) is 13.3. The average molecular weight is 305 g/mol. The fourth-order valence-corrected chi connectivity index (χ4v) is 2.55. The van der Waals surface area contributed by atoms with Crippen molar-refractivity contribution in [1.82, 2.24) is 0 Å². The standard InChI is InChI=1S/C18H37.Cr/c1-3-5-7-9-11-13-15-17-18-16-14-12-10-8-6-4-2;/h1,3-18H2,2H3;/q-1;. The molecule has 0 saturated heterocycles. The molecule has 1 heteroatoms. The molecule has 0 heterocycles. The first-order valence-corrected chi connectivity index (χ1v) is 8.71. The number of rotatable bonds is 15. The fraction of sp³-hybridized carbons (Fsp3) is 0.944. The SMILES string of the molecule is [CH2-]CCCCCCCCCCCCCCCCC.[Cr]. The van der Waals surface area contributed by atoms with Gasteiger partial charge in [-0.15, -0.1) is 0 Å². The third-order valence-corrected chi connectivity index (χ3v) is 3.85. The number of hydrogen-bond acceptors (Lipinski definition) is 0. The molecule has 0 saturated carbocycles. The summed E-state index contributed by atoms with van der Waals surface area (Å²) in [4.78, 5) is 0. The van der Waals surface area contributed by atoms with Crippen LogP contribution in [0.2, 0.25) is 0 Å². The molecule has 116 valence electrons. The van der Waals surface area contributed by atoms with E-state index in [0.717, 1.165) is 6.42 Å². The number of hydrogen-bond donors (Lipinski definition) is 0. The maximum absolute atomic E-state index is 3.88. The van der Waals surface area contributed by atoms with Gasteiger partial charge in [0, 0.05) is 17.4 Å². The number of unbranched alkanes of at least 4 members (excludes halogenated alkanes) is 15. The molecule has 0 spiro atoms. The van der Waals surface area contributed by atoms with Crippen molar-refractivity contribution >= 4 is 0 Å². The molecule has 0 aromatic heterocycles. The van der Waals surface area contributed by atoms with Crippen LogP contribution >= 0.6 is 0 Å². The first-order chi connectivity index (χ1) is 8.91. The molecule has 0 aliphatic heterocycles. The smallest absolute Gasteiger partial charge is 0 e. The van der Waals surface area contributed by atoms with Crippen LogP contribution in [0.25, 0.3) is 0 Å². The van der Waals surface area contributed by atoms with Crippen molar-refractivity contribution in [2.75, 3.05) is 0 Å². The summed E-state index contributed by atoms with van der Waals surface area (Å²) >= 11 is 0.